The van der Waals surface area contributed by atoms with Crippen molar-refractivity contribution in [3.05, 3.63) is 58.8 Å². The average Bonchev–Trinajstić information content (AvgIpc) is 3.49. The highest BCUT2D eigenvalue weighted by Crippen LogP contribution is 2.44. The molecule has 2 aromatic rings. The third-order valence-electron chi connectivity index (χ3n) is 5.21. The van der Waals surface area contributed by atoms with Crippen LogP contribution in [-0.4, -0.2) is 30.1 Å². The van der Waals surface area contributed by atoms with Crippen molar-refractivity contribution < 1.29 is 19.0 Å². The monoisotopic (exact) mass is 363 g/mol. The Labute approximate surface area is 158 Å². The van der Waals surface area contributed by atoms with E-state index in [2.05, 4.69) is 4.90 Å². The molecule has 0 atom stereocenters. The third-order valence-corrected chi connectivity index (χ3v) is 5.21. The minimum atomic E-state index is -0.0948. The maximum Gasteiger partial charge on any atom is 0.231 e. The van der Waals surface area contributed by atoms with Gasteiger partial charge in [-0.2, -0.15) is 0 Å². The fourth-order valence-corrected chi connectivity index (χ4v) is 3.68. The number of allylic oxidation sites excluding steroid dienone is 1. The van der Waals surface area contributed by atoms with Crippen molar-refractivity contribution in [2.45, 2.75) is 32.4 Å². The van der Waals surface area contributed by atoms with Crippen LogP contribution >= 0.6 is 0 Å². The van der Waals surface area contributed by atoms with Crippen LogP contribution in [-0.2, 0) is 6.54 Å². The normalized spacial score (nSPS) is 20.0. The quantitative estimate of drug-likeness (QED) is 0.768. The van der Waals surface area contributed by atoms with Crippen molar-refractivity contribution in [3.8, 4) is 17.2 Å². The number of hydrogen-bond acceptors (Lipinski definition) is 5. The molecule has 0 spiro atoms. The Hall–Kier alpha value is -2.79. The number of fused-ring (bicyclic) bond motifs is 3. The van der Waals surface area contributed by atoms with Gasteiger partial charge in [-0.15, -0.1) is 0 Å². The number of rotatable bonds is 4. The van der Waals surface area contributed by atoms with Crippen molar-refractivity contribution in [1.29, 1.82) is 0 Å². The molecule has 5 heteroatoms. The van der Waals surface area contributed by atoms with Crippen LogP contribution in [0.1, 0.15) is 41.3 Å². The molecule has 0 saturated heterocycles. The van der Waals surface area contributed by atoms with Gasteiger partial charge in [0.1, 0.15) is 24.0 Å². The lowest BCUT2D eigenvalue weighted by Gasteiger charge is -2.29. The zero-order valence-corrected chi connectivity index (χ0v) is 15.2. The summed E-state index contributed by atoms with van der Waals surface area (Å²) >= 11 is 0. The van der Waals surface area contributed by atoms with Crippen molar-refractivity contribution in [1.82, 2.24) is 4.90 Å². The van der Waals surface area contributed by atoms with E-state index in [1.807, 2.05) is 37.3 Å². The van der Waals surface area contributed by atoms with Gasteiger partial charge in [0.2, 0.25) is 5.78 Å². The highest BCUT2D eigenvalue weighted by Gasteiger charge is 2.37. The number of carbonyl (C=O) groups excluding carboxylic acids is 1. The summed E-state index contributed by atoms with van der Waals surface area (Å²) in [6.07, 6.45) is 4.20. The van der Waals surface area contributed by atoms with E-state index in [1.54, 1.807) is 12.1 Å². The van der Waals surface area contributed by atoms with Crippen LogP contribution < -0.4 is 14.2 Å². The second-order valence-corrected chi connectivity index (χ2v) is 7.08. The summed E-state index contributed by atoms with van der Waals surface area (Å²) in [5.74, 6) is 2.43. The van der Waals surface area contributed by atoms with Crippen LogP contribution in [0.5, 0.6) is 17.2 Å². The number of para-hydroxylation sites is 1. The molecule has 0 radical (unpaired) electrons. The Balaban J connectivity index is 1.50. The number of Topliss-reactive ketones (excluding diaryl/α,β-unsaturated/α-hetero) is 1. The second kappa shape index (κ2) is 6.43. The maximum absolute atomic E-state index is 12.9. The maximum atomic E-state index is 12.9. The fraction of sp³-hybridized carbons (Fsp3) is 0.318. The first-order valence-corrected chi connectivity index (χ1v) is 9.43. The first kappa shape index (κ1) is 16.4. The van der Waals surface area contributed by atoms with Gasteiger partial charge < -0.3 is 14.2 Å². The van der Waals surface area contributed by atoms with Crippen LogP contribution in [0.25, 0.3) is 6.08 Å². The molecule has 0 bridgehead atoms. The van der Waals surface area contributed by atoms with Gasteiger partial charge in [-0.3, -0.25) is 9.69 Å². The topological polar surface area (TPSA) is 48.0 Å². The average molecular weight is 363 g/mol. The lowest BCUT2D eigenvalue weighted by molar-refractivity contribution is 0.0868. The minimum Gasteiger partial charge on any atom is -0.493 e. The van der Waals surface area contributed by atoms with Gasteiger partial charge in [0, 0.05) is 18.2 Å². The number of hydrogen-bond donors (Lipinski definition) is 0. The highest BCUT2D eigenvalue weighted by molar-refractivity contribution is 6.15. The van der Waals surface area contributed by atoms with Crippen molar-refractivity contribution in [3.63, 3.8) is 0 Å². The van der Waals surface area contributed by atoms with E-state index in [-0.39, 0.29) is 5.78 Å². The molecule has 2 heterocycles. The van der Waals surface area contributed by atoms with Crippen LogP contribution in [0.15, 0.2) is 42.2 Å². The molecule has 2 aromatic carbocycles. The van der Waals surface area contributed by atoms with Crippen LogP contribution in [0.4, 0.5) is 0 Å². The summed E-state index contributed by atoms with van der Waals surface area (Å²) in [5, 5.41) is 0. The molecule has 1 fully saturated rings. The number of carbonyl (C=O) groups is 1. The molecule has 1 saturated carbocycles. The third kappa shape index (κ3) is 2.88. The highest BCUT2D eigenvalue weighted by atomic mass is 16.5. The Morgan fingerprint density at radius 2 is 2.07 bits per heavy atom. The lowest BCUT2D eigenvalue weighted by atomic mass is 10.0. The molecule has 0 unspecified atom stereocenters. The van der Waals surface area contributed by atoms with Crippen LogP contribution in [0, 0.1) is 0 Å². The fourth-order valence-electron chi connectivity index (χ4n) is 3.68. The molecule has 3 aliphatic rings. The summed E-state index contributed by atoms with van der Waals surface area (Å²) in [5.41, 5.74) is 2.41. The van der Waals surface area contributed by atoms with Gasteiger partial charge >= 0.3 is 0 Å². The molecular weight excluding hydrogens is 342 g/mol. The van der Waals surface area contributed by atoms with Gasteiger partial charge in [-0.25, -0.2) is 0 Å². The number of ether oxygens (including phenoxy) is 3. The van der Waals surface area contributed by atoms with E-state index >= 15 is 0 Å². The first-order valence-electron chi connectivity index (χ1n) is 9.43. The van der Waals surface area contributed by atoms with E-state index in [9.17, 15) is 4.79 Å². The van der Waals surface area contributed by atoms with Crippen LogP contribution in [0.3, 0.4) is 0 Å². The molecule has 138 valence electrons. The first-order chi connectivity index (χ1) is 13.2. The summed E-state index contributed by atoms with van der Waals surface area (Å²) in [6, 6.07) is 11.9. The van der Waals surface area contributed by atoms with Gasteiger partial charge in [-0.05, 0) is 44.0 Å². The molecule has 5 rings (SSSR count). The predicted molar refractivity (Wildman–Crippen MR) is 101 cm³/mol. The molecule has 0 N–H and O–H groups in total. The molecule has 27 heavy (non-hydrogen) atoms. The summed E-state index contributed by atoms with van der Waals surface area (Å²) < 4.78 is 17.6. The van der Waals surface area contributed by atoms with Gasteiger partial charge in [0.25, 0.3) is 0 Å². The molecule has 1 aliphatic carbocycles. The Kier molecular flexibility index (Phi) is 3.90. The van der Waals surface area contributed by atoms with Crippen molar-refractivity contribution >= 4 is 11.9 Å². The van der Waals surface area contributed by atoms with Crippen LogP contribution in [0.2, 0.25) is 0 Å². The SMILES string of the molecule is CCOc1ccccc1/C=C1\Oc2c(ccc3c2CN(C2CC2)CO3)C1=O. The summed E-state index contributed by atoms with van der Waals surface area (Å²) in [6.45, 7) is 3.88. The molecule has 0 aromatic heterocycles. The predicted octanol–water partition coefficient (Wildman–Crippen LogP) is 4.02. The number of benzene rings is 2. The Bertz CT molecular complexity index is 945. The van der Waals surface area contributed by atoms with Crippen molar-refractivity contribution in [2.24, 2.45) is 0 Å². The molecule has 0 amide bonds. The van der Waals surface area contributed by atoms with Crippen molar-refractivity contribution in [2.75, 3.05) is 13.3 Å². The number of nitrogens with zero attached hydrogens (tertiary/aromatic N) is 1. The summed E-state index contributed by atoms with van der Waals surface area (Å²) in [7, 11) is 0. The lowest BCUT2D eigenvalue weighted by Crippen LogP contribution is -2.33. The largest absolute Gasteiger partial charge is 0.493 e. The van der Waals surface area contributed by atoms with Gasteiger partial charge in [0.15, 0.2) is 5.76 Å². The molecule has 5 nitrogen and oxygen atoms in total. The van der Waals surface area contributed by atoms with Gasteiger partial charge in [-0.1, -0.05) is 18.2 Å². The minimum absolute atomic E-state index is 0.0948. The van der Waals surface area contributed by atoms with Gasteiger partial charge in [0.05, 0.1) is 17.7 Å². The zero-order valence-electron chi connectivity index (χ0n) is 15.2. The summed E-state index contributed by atoms with van der Waals surface area (Å²) in [4.78, 5) is 15.2. The van der Waals surface area contributed by atoms with E-state index in [0.717, 1.165) is 29.2 Å². The smallest absolute Gasteiger partial charge is 0.231 e. The standard InChI is InChI=1S/C22H21NO4/c1-2-25-18-6-4-3-5-14(18)11-20-21(24)16-9-10-19-17(22(16)27-20)12-23(13-26-19)15-7-8-15/h3-6,9-11,15H,2,7-8,12-13H2,1H3/b20-11-. The van der Waals surface area contributed by atoms with E-state index < -0.39 is 0 Å². The molecule has 2 aliphatic heterocycles. The zero-order chi connectivity index (χ0) is 18.4. The second-order valence-electron chi connectivity index (χ2n) is 7.08. The van der Waals surface area contributed by atoms with E-state index in [4.69, 9.17) is 14.2 Å². The number of ketones is 1. The van der Waals surface area contributed by atoms with E-state index in [1.165, 1.54) is 12.8 Å². The van der Waals surface area contributed by atoms with E-state index in [0.29, 0.717) is 36.5 Å². The Morgan fingerprint density at radius 1 is 1.22 bits per heavy atom. The molecular formula is C22H21NO4. The Morgan fingerprint density at radius 3 is 2.89 bits per heavy atom.